The molecular weight excluding hydrogens is 601 g/mol. The van der Waals surface area contributed by atoms with E-state index in [1.165, 1.54) is 6.07 Å². The van der Waals surface area contributed by atoms with E-state index < -0.39 is 19.7 Å². The molecule has 4 aromatic heterocycles. The summed E-state index contributed by atoms with van der Waals surface area (Å²) in [5.74, 6) is 0. The van der Waals surface area contributed by atoms with Gasteiger partial charge in [-0.3, -0.25) is 14.8 Å². The van der Waals surface area contributed by atoms with Crippen LogP contribution in [0.2, 0.25) is 0 Å². The second kappa shape index (κ2) is 12.4. The van der Waals surface area contributed by atoms with Crippen molar-refractivity contribution < 1.29 is 26.7 Å². The van der Waals surface area contributed by atoms with Crippen molar-refractivity contribution >= 4 is 48.0 Å². The van der Waals surface area contributed by atoms with Gasteiger partial charge >= 0.3 is 0 Å². The molecule has 44 heavy (non-hydrogen) atoms. The zero-order chi connectivity index (χ0) is 31.5. The fourth-order valence-electron chi connectivity index (χ4n) is 4.69. The molecule has 0 amide bonds. The molecule has 0 unspecified atom stereocenters. The van der Waals surface area contributed by atoms with Crippen LogP contribution < -0.4 is 0 Å². The number of nitrogens with zero attached hydrogens (tertiary/aromatic N) is 4. The van der Waals surface area contributed by atoms with Gasteiger partial charge < -0.3 is 5.11 Å². The minimum atomic E-state index is -3.43. The fourth-order valence-corrected chi connectivity index (χ4v) is 6.47. The number of carbonyl (C=O) groups excluding carboxylic acids is 1. The summed E-state index contributed by atoms with van der Waals surface area (Å²) in [6.07, 6.45) is 6.22. The van der Waals surface area contributed by atoms with E-state index in [9.17, 15) is 26.7 Å². The number of pyridine rings is 4. The van der Waals surface area contributed by atoms with E-state index in [1.54, 1.807) is 91.3 Å². The first-order valence-electron chi connectivity index (χ1n) is 13.2. The van der Waals surface area contributed by atoms with E-state index in [-0.39, 0.29) is 16.4 Å². The third-order valence-corrected chi connectivity index (χ3v) is 8.97. The lowest BCUT2D eigenvalue weighted by Gasteiger charge is -2.12. The molecule has 0 aliphatic heterocycles. The number of fused-ring (bicyclic) bond motifs is 2. The van der Waals surface area contributed by atoms with Crippen LogP contribution in [0.25, 0.3) is 44.6 Å². The van der Waals surface area contributed by atoms with Gasteiger partial charge in [0.1, 0.15) is 0 Å². The third-order valence-electron chi connectivity index (χ3n) is 6.66. The highest BCUT2D eigenvalue weighted by Gasteiger charge is 2.19. The molecule has 0 saturated carbocycles. The van der Waals surface area contributed by atoms with Gasteiger partial charge in [0.25, 0.3) is 0 Å². The third kappa shape index (κ3) is 6.37. The van der Waals surface area contributed by atoms with Crippen LogP contribution in [0, 0.1) is 0 Å². The Kier molecular flexibility index (Phi) is 8.59. The van der Waals surface area contributed by atoms with Crippen LogP contribution in [0.3, 0.4) is 0 Å². The van der Waals surface area contributed by atoms with Gasteiger partial charge in [-0.1, -0.05) is 36.4 Å². The number of hydrogen-bond donors (Lipinski definition) is 1. The Morgan fingerprint density at radius 2 is 1.11 bits per heavy atom. The highest BCUT2D eigenvalue weighted by atomic mass is 32.2. The molecule has 4 heterocycles. The quantitative estimate of drug-likeness (QED) is 0.257. The molecule has 0 saturated heterocycles. The largest absolute Gasteiger partial charge is 0.392 e. The molecule has 0 bridgehead atoms. The first-order chi connectivity index (χ1) is 21.0. The molecule has 0 aliphatic carbocycles. The van der Waals surface area contributed by atoms with Crippen LogP contribution in [-0.2, 0) is 26.3 Å². The van der Waals surface area contributed by atoms with Gasteiger partial charge in [0.05, 0.1) is 49.9 Å². The van der Waals surface area contributed by atoms with Gasteiger partial charge in [-0.2, -0.15) is 0 Å². The average Bonchev–Trinajstić information content (AvgIpc) is 3.03. The van der Waals surface area contributed by atoms with Crippen molar-refractivity contribution in [3.05, 3.63) is 108 Å². The van der Waals surface area contributed by atoms with Crippen LogP contribution in [0.1, 0.15) is 15.9 Å². The lowest BCUT2D eigenvalue weighted by Crippen LogP contribution is -2.03. The maximum Gasteiger partial charge on any atom is 0.176 e. The summed E-state index contributed by atoms with van der Waals surface area (Å²) in [6.45, 7) is -0.243. The van der Waals surface area contributed by atoms with Crippen LogP contribution in [0.4, 0.5) is 0 Å². The van der Waals surface area contributed by atoms with Gasteiger partial charge in [0.15, 0.2) is 26.0 Å². The number of hydrogen-bond acceptors (Lipinski definition) is 10. The number of benzene rings is 2. The zero-order valence-electron chi connectivity index (χ0n) is 23.6. The molecule has 6 aromatic rings. The number of sulfone groups is 2. The maximum atomic E-state index is 12.0. The zero-order valence-corrected chi connectivity index (χ0v) is 25.2. The van der Waals surface area contributed by atoms with E-state index in [2.05, 4.69) is 19.9 Å². The van der Waals surface area contributed by atoms with Gasteiger partial charge in [-0.15, -0.1) is 0 Å². The van der Waals surface area contributed by atoms with Gasteiger partial charge in [0.2, 0.25) is 0 Å². The summed E-state index contributed by atoms with van der Waals surface area (Å²) in [5.41, 5.74) is 5.06. The van der Waals surface area contributed by atoms with E-state index >= 15 is 0 Å². The number of aliphatic hydroxyl groups is 1. The number of aliphatic hydroxyl groups excluding tert-OH is 1. The van der Waals surface area contributed by atoms with Gasteiger partial charge in [0, 0.05) is 47.2 Å². The normalized spacial score (nSPS) is 11.6. The molecule has 0 radical (unpaired) electrons. The summed E-state index contributed by atoms with van der Waals surface area (Å²) >= 11 is 0. The number of aldehydes is 1. The summed E-state index contributed by atoms with van der Waals surface area (Å²) in [6, 6.07) is 23.6. The Balaban J connectivity index is 0.000000175. The van der Waals surface area contributed by atoms with Crippen molar-refractivity contribution in [2.45, 2.75) is 16.4 Å². The number of aromatic nitrogens is 4. The summed E-state index contributed by atoms with van der Waals surface area (Å²) < 4.78 is 47.9. The maximum absolute atomic E-state index is 12.0. The summed E-state index contributed by atoms with van der Waals surface area (Å²) in [5, 5.41) is 9.62. The lowest BCUT2D eigenvalue weighted by molar-refractivity contribution is 0.112. The SMILES string of the molecule is CS(=O)(=O)c1ccccc1-c1nc2cccnc2cc1C=O.CS(=O)(=O)c1ccccc1-c1nc2cccnc2cc1CO. The van der Waals surface area contributed by atoms with Crippen molar-refractivity contribution in [1.82, 2.24) is 19.9 Å². The van der Waals surface area contributed by atoms with Crippen molar-refractivity contribution in [3.8, 4) is 22.5 Å². The fraction of sp³-hybridized carbons (Fsp3) is 0.0938. The monoisotopic (exact) mass is 626 g/mol. The molecule has 2 aromatic carbocycles. The standard InChI is InChI=1S/C16H14N2O3S.C16H12N2O3S/c2*1-22(20,21)15-7-3-2-5-12(15)16-11(10-19)9-14-13(18-16)6-4-8-17-14/h2-9,19H,10H2,1H3;2-10H,1H3. The van der Waals surface area contributed by atoms with Gasteiger partial charge in [-0.05, 0) is 48.5 Å². The molecule has 0 aliphatic rings. The molecule has 222 valence electrons. The summed E-state index contributed by atoms with van der Waals surface area (Å²) in [4.78, 5) is 29.0. The minimum Gasteiger partial charge on any atom is -0.392 e. The first-order valence-corrected chi connectivity index (χ1v) is 16.9. The molecule has 12 heteroatoms. The highest BCUT2D eigenvalue weighted by molar-refractivity contribution is 7.91. The van der Waals surface area contributed by atoms with Crippen LogP contribution >= 0.6 is 0 Å². The van der Waals surface area contributed by atoms with E-state index in [4.69, 9.17) is 0 Å². The topological polar surface area (TPSA) is 157 Å². The minimum absolute atomic E-state index is 0.147. The highest BCUT2D eigenvalue weighted by Crippen LogP contribution is 2.31. The Morgan fingerprint density at radius 1 is 0.636 bits per heavy atom. The number of carbonyl (C=O) groups is 1. The predicted molar refractivity (Wildman–Crippen MR) is 167 cm³/mol. The smallest absolute Gasteiger partial charge is 0.176 e. The lowest BCUT2D eigenvalue weighted by atomic mass is 10.1. The average molecular weight is 627 g/mol. The van der Waals surface area contributed by atoms with Crippen molar-refractivity contribution in [2.75, 3.05) is 12.5 Å². The van der Waals surface area contributed by atoms with E-state index in [0.29, 0.717) is 62.0 Å². The molecule has 10 nitrogen and oxygen atoms in total. The van der Waals surface area contributed by atoms with Crippen LogP contribution in [-0.4, -0.2) is 60.7 Å². The van der Waals surface area contributed by atoms with Crippen molar-refractivity contribution in [3.63, 3.8) is 0 Å². The second-order valence-electron chi connectivity index (χ2n) is 9.82. The molecule has 0 spiro atoms. The predicted octanol–water partition coefficient (Wildman–Crippen LogP) is 4.71. The Morgan fingerprint density at radius 3 is 1.61 bits per heavy atom. The van der Waals surface area contributed by atoms with Crippen molar-refractivity contribution in [2.24, 2.45) is 0 Å². The van der Waals surface area contributed by atoms with Gasteiger partial charge in [-0.25, -0.2) is 26.8 Å². The number of rotatable bonds is 6. The van der Waals surface area contributed by atoms with Crippen LogP contribution in [0.5, 0.6) is 0 Å². The molecular formula is C32H26N4O6S2. The second-order valence-corrected chi connectivity index (χ2v) is 13.8. The molecule has 1 N–H and O–H groups in total. The van der Waals surface area contributed by atoms with E-state index in [1.807, 2.05) is 0 Å². The Labute approximate surface area is 254 Å². The Bertz CT molecular complexity index is 2260. The van der Waals surface area contributed by atoms with E-state index in [0.717, 1.165) is 12.5 Å². The van der Waals surface area contributed by atoms with Crippen LogP contribution in [0.15, 0.2) is 107 Å². The molecule has 0 atom stereocenters. The molecule has 6 rings (SSSR count). The summed E-state index contributed by atoms with van der Waals surface area (Å²) in [7, 11) is -6.83. The van der Waals surface area contributed by atoms with Crippen molar-refractivity contribution in [1.29, 1.82) is 0 Å². The Hall–Kier alpha value is -4.91. The first kappa shape index (κ1) is 30.5. The molecule has 0 fully saturated rings.